The normalized spacial score (nSPS) is 11.8. The molecule has 0 atom stereocenters. The van der Waals surface area contributed by atoms with Crippen molar-refractivity contribution < 1.29 is 13.2 Å². The third-order valence-corrected chi connectivity index (χ3v) is 7.04. The molecule has 0 amide bonds. The van der Waals surface area contributed by atoms with E-state index < -0.39 is 15.3 Å². The third-order valence-electron chi connectivity index (χ3n) is 5.19. The Morgan fingerprint density at radius 1 is 0.806 bits per heavy atom. The molecular weight excluding hydrogens is 408 g/mol. The molecule has 166 valence electrons. The molecule has 0 radical (unpaired) electrons. The summed E-state index contributed by atoms with van der Waals surface area (Å²) in [5.41, 5.74) is 2.44. The molecule has 0 saturated heterocycles. The van der Waals surface area contributed by atoms with Gasteiger partial charge < -0.3 is 10.1 Å². The van der Waals surface area contributed by atoms with Crippen LogP contribution >= 0.6 is 0 Å². The van der Waals surface area contributed by atoms with Gasteiger partial charge in [-0.05, 0) is 67.3 Å². The van der Waals surface area contributed by atoms with Gasteiger partial charge in [0, 0.05) is 13.1 Å². The average molecular weight is 441 g/mol. The van der Waals surface area contributed by atoms with Crippen molar-refractivity contribution in [1.82, 2.24) is 10.0 Å². The fourth-order valence-electron chi connectivity index (χ4n) is 3.27. The van der Waals surface area contributed by atoms with Crippen LogP contribution in [0.25, 0.3) is 10.8 Å². The Morgan fingerprint density at radius 3 is 2.29 bits per heavy atom. The molecule has 0 aromatic heterocycles. The minimum absolute atomic E-state index is 0.407. The Bertz CT molecular complexity index is 1070. The zero-order valence-corrected chi connectivity index (χ0v) is 19.1. The summed E-state index contributed by atoms with van der Waals surface area (Å²) in [6.07, 6.45) is 1.67. The highest BCUT2D eigenvalue weighted by Crippen LogP contribution is 2.22. The molecule has 6 heteroatoms. The van der Waals surface area contributed by atoms with Crippen LogP contribution in [0.15, 0.2) is 66.7 Å². The van der Waals surface area contributed by atoms with Crippen LogP contribution in [0.4, 0.5) is 0 Å². The number of sulfonamides is 1. The number of benzene rings is 3. The molecule has 3 aromatic carbocycles. The summed E-state index contributed by atoms with van der Waals surface area (Å²) < 4.78 is 32.2. The minimum Gasteiger partial charge on any atom is -0.492 e. The molecule has 0 spiro atoms. The van der Waals surface area contributed by atoms with Gasteiger partial charge >= 0.3 is 0 Å². The number of nitrogens with one attached hydrogen (secondary N) is 2. The molecular formula is C25H32N2O3S. The van der Waals surface area contributed by atoms with Gasteiger partial charge in [-0.1, -0.05) is 54.6 Å². The van der Waals surface area contributed by atoms with Crippen LogP contribution in [0.3, 0.4) is 0 Å². The van der Waals surface area contributed by atoms with Crippen LogP contribution in [0.5, 0.6) is 5.75 Å². The van der Waals surface area contributed by atoms with Crippen molar-refractivity contribution in [3.8, 4) is 5.75 Å². The summed E-state index contributed by atoms with van der Waals surface area (Å²) in [5.74, 6) is 0.856. The van der Waals surface area contributed by atoms with E-state index in [2.05, 4.69) is 52.5 Å². The van der Waals surface area contributed by atoms with Crippen LogP contribution < -0.4 is 14.8 Å². The molecule has 0 unspecified atom stereocenters. The standard InChI is InChI=1S/C25H32N2O3S/c1-20(2)31(28,29)27-15-13-22-8-9-24-19-25(11-10-23(24)18-22)30-17-16-26-14-12-21-6-4-3-5-7-21/h3-11,18-20,26-27H,12-17H2,1-2H3. The lowest BCUT2D eigenvalue weighted by Crippen LogP contribution is -2.32. The predicted molar refractivity (Wildman–Crippen MR) is 128 cm³/mol. The molecule has 3 aromatic rings. The fourth-order valence-corrected chi connectivity index (χ4v) is 3.99. The van der Waals surface area contributed by atoms with Crippen molar-refractivity contribution in [1.29, 1.82) is 0 Å². The molecule has 0 aliphatic rings. The molecule has 3 rings (SSSR count). The van der Waals surface area contributed by atoms with Crippen molar-refractivity contribution in [3.05, 3.63) is 77.9 Å². The SMILES string of the molecule is CC(C)S(=O)(=O)NCCc1ccc2cc(OCCNCCc3ccccc3)ccc2c1. The Balaban J connectivity index is 1.43. The summed E-state index contributed by atoms with van der Waals surface area (Å²) in [6.45, 7) is 6.12. The monoisotopic (exact) mass is 440 g/mol. The van der Waals surface area contributed by atoms with Gasteiger partial charge in [-0.25, -0.2) is 13.1 Å². The van der Waals surface area contributed by atoms with Crippen molar-refractivity contribution in [2.45, 2.75) is 31.9 Å². The van der Waals surface area contributed by atoms with Gasteiger partial charge in [0.05, 0.1) is 5.25 Å². The van der Waals surface area contributed by atoms with E-state index in [9.17, 15) is 8.42 Å². The van der Waals surface area contributed by atoms with Gasteiger partial charge in [0.1, 0.15) is 12.4 Å². The third kappa shape index (κ3) is 7.35. The number of hydrogen-bond acceptors (Lipinski definition) is 4. The molecule has 0 aliphatic carbocycles. The summed E-state index contributed by atoms with van der Waals surface area (Å²) >= 11 is 0. The lowest BCUT2D eigenvalue weighted by atomic mass is 10.0. The van der Waals surface area contributed by atoms with Crippen molar-refractivity contribution in [2.75, 3.05) is 26.2 Å². The topological polar surface area (TPSA) is 67.4 Å². The van der Waals surface area contributed by atoms with E-state index in [0.717, 1.165) is 41.6 Å². The quantitative estimate of drug-likeness (QED) is 0.419. The van der Waals surface area contributed by atoms with Crippen molar-refractivity contribution >= 4 is 20.8 Å². The average Bonchev–Trinajstić information content (AvgIpc) is 2.76. The molecule has 0 bridgehead atoms. The molecule has 0 fully saturated rings. The zero-order valence-electron chi connectivity index (χ0n) is 18.3. The van der Waals surface area contributed by atoms with Crippen LogP contribution in [-0.4, -0.2) is 39.9 Å². The molecule has 0 aliphatic heterocycles. The van der Waals surface area contributed by atoms with Gasteiger partial charge in [-0.15, -0.1) is 0 Å². The van der Waals surface area contributed by atoms with Crippen LogP contribution in [0.1, 0.15) is 25.0 Å². The van der Waals surface area contributed by atoms with E-state index >= 15 is 0 Å². The number of hydrogen-bond donors (Lipinski definition) is 2. The smallest absolute Gasteiger partial charge is 0.213 e. The maximum Gasteiger partial charge on any atom is 0.213 e. The predicted octanol–water partition coefficient (Wildman–Crippen LogP) is 3.92. The maximum atomic E-state index is 11.9. The van der Waals surface area contributed by atoms with Gasteiger partial charge in [0.2, 0.25) is 10.0 Å². The number of rotatable bonds is 12. The first-order chi connectivity index (χ1) is 14.9. The highest BCUT2D eigenvalue weighted by atomic mass is 32.2. The van der Waals surface area contributed by atoms with E-state index in [4.69, 9.17) is 4.74 Å². The lowest BCUT2D eigenvalue weighted by Gasteiger charge is -2.11. The van der Waals surface area contributed by atoms with Crippen LogP contribution in [0.2, 0.25) is 0 Å². The van der Waals surface area contributed by atoms with Crippen LogP contribution in [-0.2, 0) is 22.9 Å². The van der Waals surface area contributed by atoms with E-state index in [0.29, 0.717) is 19.6 Å². The van der Waals surface area contributed by atoms with Gasteiger partial charge in [-0.3, -0.25) is 0 Å². The van der Waals surface area contributed by atoms with E-state index in [1.165, 1.54) is 5.56 Å². The Morgan fingerprint density at radius 2 is 1.52 bits per heavy atom. The second-order valence-corrected chi connectivity index (χ2v) is 10.2. The molecule has 2 N–H and O–H groups in total. The highest BCUT2D eigenvalue weighted by Gasteiger charge is 2.14. The Hall–Kier alpha value is -2.41. The molecule has 5 nitrogen and oxygen atoms in total. The first kappa shape index (κ1) is 23.3. The number of fused-ring (bicyclic) bond motifs is 1. The highest BCUT2D eigenvalue weighted by molar-refractivity contribution is 7.90. The maximum absolute atomic E-state index is 11.9. The summed E-state index contributed by atoms with van der Waals surface area (Å²) in [7, 11) is -3.22. The summed E-state index contributed by atoms with van der Waals surface area (Å²) in [4.78, 5) is 0. The first-order valence-corrected chi connectivity index (χ1v) is 12.4. The summed E-state index contributed by atoms with van der Waals surface area (Å²) in [6, 6.07) is 22.7. The first-order valence-electron chi connectivity index (χ1n) is 10.8. The Kier molecular flexibility index (Phi) is 8.46. The van der Waals surface area contributed by atoms with E-state index in [1.807, 2.05) is 24.3 Å². The number of ether oxygens (including phenoxy) is 1. The second-order valence-electron chi connectivity index (χ2n) is 7.92. The lowest BCUT2D eigenvalue weighted by molar-refractivity contribution is 0.315. The van der Waals surface area contributed by atoms with E-state index in [-0.39, 0.29) is 0 Å². The van der Waals surface area contributed by atoms with Gasteiger partial charge in [0.15, 0.2) is 0 Å². The van der Waals surface area contributed by atoms with Crippen LogP contribution in [0, 0.1) is 0 Å². The fraction of sp³-hybridized carbons (Fsp3) is 0.360. The molecule has 31 heavy (non-hydrogen) atoms. The molecule has 0 saturated carbocycles. The zero-order chi connectivity index (χ0) is 22.1. The van der Waals surface area contributed by atoms with E-state index in [1.54, 1.807) is 13.8 Å². The van der Waals surface area contributed by atoms with Crippen molar-refractivity contribution in [3.63, 3.8) is 0 Å². The summed E-state index contributed by atoms with van der Waals surface area (Å²) in [5, 5.41) is 5.23. The molecule has 0 heterocycles. The van der Waals surface area contributed by atoms with Gasteiger partial charge in [-0.2, -0.15) is 0 Å². The van der Waals surface area contributed by atoms with Crippen molar-refractivity contribution in [2.24, 2.45) is 0 Å². The minimum atomic E-state index is -3.22. The Labute approximate surface area is 185 Å². The second kappa shape index (κ2) is 11.3. The van der Waals surface area contributed by atoms with Gasteiger partial charge in [0.25, 0.3) is 0 Å². The largest absolute Gasteiger partial charge is 0.492 e.